The third-order valence-electron chi connectivity index (χ3n) is 5.08. The summed E-state index contributed by atoms with van der Waals surface area (Å²) in [5, 5.41) is 14.9. The van der Waals surface area contributed by atoms with Crippen LogP contribution in [0, 0.1) is 10.1 Å². The molecule has 30 heavy (non-hydrogen) atoms. The maximum Gasteiger partial charge on any atom is 0.274 e. The molecule has 2 heterocycles. The Morgan fingerprint density at radius 1 is 1.00 bits per heavy atom. The molecule has 1 atom stereocenters. The molecule has 1 unspecified atom stereocenters. The zero-order chi connectivity index (χ0) is 21.4. The van der Waals surface area contributed by atoms with Gasteiger partial charge in [0.2, 0.25) is 5.91 Å². The van der Waals surface area contributed by atoms with Gasteiger partial charge in [0.05, 0.1) is 10.5 Å². The number of benzene rings is 1. The summed E-state index contributed by atoms with van der Waals surface area (Å²) >= 11 is 0. The Hall–Kier alpha value is -3.65. The van der Waals surface area contributed by atoms with Crippen molar-refractivity contribution < 1.29 is 9.72 Å². The Balaban J connectivity index is 1.94. The van der Waals surface area contributed by atoms with Crippen molar-refractivity contribution in [3.8, 4) is 0 Å². The molecule has 0 saturated heterocycles. The van der Waals surface area contributed by atoms with Crippen LogP contribution in [0.5, 0.6) is 0 Å². The maximum atomic E-state index is 12.8. The molecule has 0 aliphatic carbocycles. The van der Waals surface area contributed by atoms with Gasteiger partial charge in [-0.2, -0.15) is 0 Å². The van der Waals surface area contributed by atoms with Crippen molar-refractivity contribution >= 4 is 11.6 Å². The van der Waals surface area contributed by atoms with Crippen molar-refractivity contribution in [1.82, 2.24) is 15.3 Å². The summed E-state index contributed by atoms with van der Waals surface area (Å²) < 4.78 is 0. The molecule has 8 heteroatoms. The lowest BCUT2D eigenvalue weighted by atomic mass is 9.82. The third-order valence-corrected chi connectivity index (χ3v) is 5.08. The lowest BCUT2D eigenvalue weighted by Gasteiger charge is -2.32. The molecule has 0 aliphatic heterocycles. The van der Waals surface area contributed by atoms with Crippen LogP contribution in [0.4, 0.5) is 5.69 Å². The predicted octanol–water partition coefficient (Wildman–Crippen LogP) is 2.53. The number of aryl methyl sites for hydroxylation is 1. The summed E-state index contributed by atoms with van der Waals surface area (Å²) in [6.45, 7) is 0.400. The number of para-hydroxylation sites is 1. The Kier molecular flexibility index (Phi) is 6.82. The average Bonchev–Trinajstić information content (AvgIpc) is 2.77. The van der Waals surface area contributed by atoms with Crippen LogP contribution in [-0.4, -0.2) is 27.3 Å². The summed E-state index contributed by atoms with van der Waals surface area (Å²) in [7, 11) is 0. The first-order valence-corrected chi connectivity index (χ1v) is 9.59. The first-order valence-electron chi connectivity index (χ1n) is 9.59. The predicted molar refractivity (Wildman–Crippen MR) is 112 cm³/mol. The molecule has 154 valence electrons. The van der Waals surface area contributed by atoms with E-state index in [0.29, 0.717) is 19.4 Å². The van der Waals surface area contributed by atoms with Gasteiger partial charge in [-0.25, -0.2) is 0 Å². The maximum absolute atomic E-state index is 12.8. The number of carbonyl (C=O) groups is 1. The second-order valence-corrected chi connectivity index (χ2v) is 6.94. The topological polar surface area (TPSA) is 124 Å². The molecule has 1 amide bonds. The van der Waals surface area contributed by atoms with Gasteiger partial charge in [-0.1, -0.05) is 18.2 Å². The molecular weight excluding hydrogens is 382 g/mol. The fourth-order valence-corrected chi connectivity index (χ4v) is 3.50. The largest absolute Gasteiger partial charge is 0.368 e. The SMILES string of the molecule is NC(=O)C(CCc1ccncc1)(NCCc1cccnc1)c1ccccc1[N+](=O)[O-]. The van der Waals surface area contributed by atoms with Crippen molar-refractivity contribution in [3.05, 3.63) is 100 Å². The van der Waals surface area contributed by atoms with Crippen LogP contribution >= 0.6 is 0 Å². The highest BCUT2D eigenvalue weighted by Crippen LogP contribution is 2.33. The normalized spacial score (nSPS) is 12.8. The molecule has 3 rings (SSSR count). The van der Waals surface area contributed by atoms with E-state index in [0.717, 1.165) is 11.1 Å². The van der Waals surface area contributed by atoms with Crippen molar-refractivity contribution in [1.29, 1.82) is 0 Å². The molecule has 0 saturated carbocycles. The molecule has 0 bridgehead atoms. The minimum atomic E-state index is -1.39. The average molecular weight is 405 g/mol. The number of aromatic nitrogens is 2. The van der Waals surface area contributed by atoms with E-state index in [1.165, 1.54) is 6.07 Å². The van der Waals surface area contributed by atoms with E-state index in [2.05, 4.69) is 15.3 Å². The number of rotatable bonds is 10. The number of nitro groups is 1. The smallest absolute Gasteiger partial charge is 0.274 e. The lowest BCUT2D eigenvalue weighted by Crippen LogP contribution is -2.54. The highest BCUT2D eigenvalue weighted by atomic mass is 16.6. The molecule has 0 radical (unpaired) electrons. The zero-order valence-electron chi connectivity index (χ0n) is 16.4. The van der Waals surface area contributed by atoms with Gasteiger partial charge in [0.1, 0.15) is 5.54 Å². The van der Waals surface area contributed by atoms with Crippen LogP contribution in [0.15, 0.2) is 73.3 Å². The number of nitro benzene ring substituents is 1. The molecule has 1 aromatic carbocycles. The monoisotopic (exact) mass is 405 g/mol. The number of primary amides is 1. The summed E-state index contributed by atoms with van der Waals surface area (Å²) in [4.78, 5) is 32.1. The Morgan fingerprint density at radius 2 is 1.77 bits per heavy atom. The molecule has 0 spiro atoms. The highest BCUT2D eigenvalue weighted by Gasteiger charge is 2.42. The van der Waals surface area contributed by atoms with Gasteiger partial charge < -0.3 is 5.73 Å². The number of nitrogens with one attached hydrogen (secondary N) is 1. The van der Waals surface area contributed by atoms with Crippen LogP contribution in [0.25, 0.3) is 0 Å². The minimum Gasteiger partial charge on any atom is -0.368 e. The Labute approximate surface area is 174 Å². The summed E-state index contributed by atoms with van der Waals surface area (Å²) in [5.41, 5.74) is 6.55. The summed E-state index contributed by atoms with van der Waals surface area (Å²) in [6, 6.07) is 13.7. The van der Waals surface area contributed by atoms with E-state index in [1.807, 2.05) is 24.3 Å². The number of carbonyl (C=O) groups excluding carboxylic acids is 1. The Bertz CT molecular complexity index is 998. The second kappa shape index (κ2) is 9.71. The lowest BCUT2D eigenvalue weighted by molar-refractivity contribution is -0.386. The molecule has 3 aromatic rings. The van der Waals surface area contributed by atoms with Crippen molar-refractivity contribution in [2.45, 2.75) is 24.8 Å². The standard InChI is InChI=1S/C22H23N5O3/c23-21(28)22(11-7-17-8-13-24-14-9-17,19-5-1-2-6-20(19)27(29)30)26-15-10-18-4-3-12-25-16-18/h1-6,8-9,12-14,16,26H,7,10-11,15H2,(H2,23,28). The first kappa shape index (κ1) is 21.1. The fourth-order valence-electron chi connectivity index (χ4n) is 3.50. The van der Waals surface area contributed by atoms with Gasteiger partial charge in [0.15, 0.2) is 0 Å². The summed E-state index contributed by atoms with van der Waals surface area (Å²) in [6.07, 6.45) is 8.13. The third kappa shape index (κ3) is 4.84. The van der Waals surface area contributed by atoms with Crippen LogP contribution < -0.4 is 11.1 Å². The van der Waals surface area contributed by atoms with E-state index in [-0.39, 0.29) is 17.7 Å². The van der Waals surface area contributed by atoms with Crippen molar-refractivity contribution in [2.24, 2.45) is 5.73 Å². The second-order valence-electron chi connectivity index (χ2n) is 6.94. The molecule has 0 aliphatic rings. The summed E-state index contributed by atoms with van der Waals surface area (Å²) in [5.74, 6) is -0.656. The molecule has 8 nitrogen and oxygen atoms in total. The first-order chi connectivity index (χ1) is 14.5. The van der Waals surface area contributed by atoms with E-state index in [9.17, 15) is 14.9 Å². The number of nitrogens with zero attached hydrogens (tertiary/aromatic N) is 3. The van der Waals surface area contributed by atoms with Crippen LogP contribution in [0.1, 0.15) is 23.1 Å². The van der Waals surface area contributed by atoms with Gasteiger partial charge in [0, 0.05) is 37.4 Å². The zero-order valence-corrected chi connectivity index (χ0v) is 16.4. The fraction of sp³-hybridized carbons (Fsp3) is 0.227. The molecule has 0 fully saturated rings. The van der Waals surface area contributed by atoms with Gasteiger partial charge in [-0.3, -0.25) is 30.2 Å². The van der Waals surface area contributed by atoms with Gasteiger partial charge in [0.25, 0.3) is 5.69 Å². The number of pyridine rings is 2. The highest BCUT2D eigenvalue weighted by molar-refractivity contribution is 5.87. The van der Waals surface area contributed by atoms with E-state index >= 15 is 0 Å². The number of nitrogens with two attached hydrogens (primary N) is 1. The Morgan fingerprint density at radius 3 is 2.43 bits per heavy atom. The quantitative estimate of drug-likeness (QED) is 0.394. The van der Waals surface area contributed by atoms with E-state index in [4.69, 9.17) is 5.73 Å². The van der Waals surface area contributed by atoms with Crippen LogP contribution in [0.3, 0.4) is 0 Å². The number of hydrogen-bond acceptors (Lipinski definition) is 6. The molecular formula is C22H23N5O3. The number of amides is 1. The van der Waals surface area contributed by atoms with Crippen molar-refractivity contribution in [3.63, 3.8) is 0 Å². The van der Waals surface area contributed by atoms with Crippen LogP contribution in [0.2, 0.25) is 0 Å². The molecule has 3 N–H and O–H groups in total. The van der Waals surface area contributed by atoms with E-state index in [1.54, 1.807) is 43.0 Å². The molecule has 2 aromatic heterocycles. The van der Waals surface area contributed by atoms with E-state index < -0.39 is 16.4 Å². The van der Waals surface area contributed by atoms with Crippen LogP contribution in [-0.2, 0) is 23.2 Å². The van der Waals surface area contributed by atoms with Gasteiger partial charge >= 0.3 is 0 Å². The van der Waals surface area contributed by atoms with Crippen molar-refractivity contribution in [2.75, 3.05) is 6.54 Å². The van der Waals surface area contributed by atoms with Gasteiger partial charge in [-0.05, 0) is 54.7 Å². The van der Waals surface area contributed by atoms with Gasteiger partial charge in [-0.15, -0.1) is 0 Å². The minimum absolute atomic E-state index is 0.139. The number of hydrogen-bond donors (Lipinski definition) is 2.